The highest BCUT2D eigenvalue weighted by molar-refractivity contribution is 5.89. The lowest BCUT2D eigenvalue weighted by atomic mass is 10.1. The van der Waals surface area contributed by atoms with Crippen LogP contribution < -0.4 is 11.1 Å². The molecule has 5 nitrogen and oxygen atoms in total. The number of nitrogens with two attached hydrogens (primary N) is 1. The molecular weight excluding hydrogens is 264 g/mol. The predicted octanol–water partition coefficient (Wildman–Crippen LogP) is 2.51. The lowest BCUT2D eigenvalue weighted by Gasteiger charge is -2.22. The maximum atomic E-state index is 12.3. The van der Waals surface area contributed by atoms with Crippen molar-refractivity contribution in [3.63, 3.8) is 0 Å². The van der Waals surface area contributed by atoms with Crippen LogP contribution in [0.15, 0.2) is 24.3 Å². The van der Waals surface area contributed by atoms with E-state index in [4.69, 9.17) is 5.73 Å². The molecule has 0 aliphatic carbocycles. The standard InChI is InChI=1S/C16H28N4O/c1-5-20(11-7-10-19(3)4)16(21)18-15-9-6-8-14(12-15)13(2)17/h6,8-9,12-13H,5,7,10-11,17H2,1-4H3,(H,18,21). The van der Waals surface area contributed by atoms with Crippen LogP contribution >= 0.6 is 0 Å². The monoisotopic (exact) mass is 292 g/mol. The molecule has 1 atom stereocenters. The first-order chi connectivity index (χ1) is 9.93. The zero-order valence-electron chi connectivity index (χ0n) is 13.6. The first-order valence-electron chi connectivity index (χ1n) is 7.50. The minimum absolute atomic E-state index is 0.0378. The summed E-state index contributed by atoms with van der Waals surface area (Å²) in [7, 11) is 4.08. The fourth-order valence-corrected chi connectivity index (χ4v) is 2.08. The van der Waals surface area contributed by atoms with E-state index >= 15 is 0 Å². The molecule has 0 aliphatic heterocycles. The van der Waals surface area contributed by atoms with Gasteiger partial charge in [-0.25, -0.2) is 4.79 Å². The molecule has 2 amide bonds. The summed E-state index contributed by atoms with van der Waals surface area (Å²) in [6.07, 6.45) is 0.966. The van der Waals surface area contributed by atoms with Gasteiger partial charge in [0.15, 0.2) is 0 Å². The van der Waals surface area contributed by atoms with E-state index in [2.05, 4.69) is 10.2 Å². The van der Waals surface area contributed by atoms with E-state index in [0.717, 1.165) is 30.8 Å². The Labute approximate surface area is 128 Å². The number of carbonyl (C=O) groups excluding carboxylic acids is 1. The molecule has 0 fully saturated rings. The van der Waals surface area contributed by atoms with Crippen LogP contribution in [0.5, 0.6) is 0 Å². The summed E-state index contributed by atoms with van der Waals surface area (Å²) in [6.45, 7) is 6.36. The number of amides is 2. The molecule has 0 heterocycles. The molecule has 0 radical (unpaired) electrons. The van der Waals surface area contributed by atoms with Crippen molar-refractivity contribution in [3.8, 4) is 0 Å². The van der Waals surface area contributed by atoms with Crippen molar-refractivity contribution in [1.29, 1.82) is 0 Å². The lowest BCUT2D eigenvalue weighted by molar-refractivity contribution is 0.211. The second-order valence-corrected chi connectivity index (χ2v) is 5.58. The van der Waals surface area contributed by atoms with Crippen LogP contribution in [0.4, 0.5) is 10.5 Å². The number of hydrogen-bond donors (Lipinski definition) is 2. The normalized spacial score (nSPS) is 12.3. The molecular formula is C16H28N4O. The Bertz CT molecular complexity index is 446. The first kappa shape index (κ1) is 17.5. The molecule has 118 valence electrons. The van der Waals surface area contributed by atoms with E-state index in [-0.39, 0.29) is 12.1 Å². The molecule has 21 heavy (non-hydrogen) atoms. The summed E-state index contributed by atoms with van der Waals surface area (Å²) < 4.78 is 0. The zero-order valence-corrected chi connectivity index (χ0v) is 13.6. The van der Waals surface area contributed by atoms with Crippen molar-refractivity contribution in [2.45, 2.75) is 26.3 Å². The molecule has 0 aliphatic rings. The van der Waals surface area contributed by atoms with Gasteiger partial charge in [-0.05, 0) is 58.6 Å². The van der Waals surface area contributed by atoms with Crippen molar-refractivity contribution >= 4 is 11.7 Å². The molecule has 1 aromatic carbocycles. The molecule has 5 heteroatoms. The van der Waals surface area contributed by atoms with Crippen LogP contribution in [-0.2, 0) is 0 Å². The van der Waals surface area contributed by atoms with E-state index < -0.39 is 0 Å². The smallest absolute Gasteiger partial charge is 0.321 e. The number of anilines is 1. The van der Waals surface area contributed by atoms with Gasteiger partial charge in [0.05, 0.1) is 0 Å². The second-order valence-electron chi connectivity index (χ2n) is 5.58. The number of benzene rings is 1. The van der Waals surface area contributed by atoms with E-state index in [1.54, 1.807) is 0 Å². The second kappa shape index (κ2) is 8.64. The summed E-state index contributed by atoms with van der Waals surface area (Å²) >= 11 is 0. The van der Waals surface area contributed by atoms with Crippen molar-refractivity contribution in [2.24, 2.45) is 5.73 Å². The zero-order chi connectivity index (χ0) is 15.8. The van der Waals surface area contributed by atoms with Gasteiger partial charge < -0.3 is 20.9 Å². The number of rotatable bonds is 7. The lowest BCUT2D eigenvalue weighted by Crippen LogP contribution is -2.36. The third-order valence-electron chi connectivity index (χ3n) is 3.37. The number of nitrogens with zero attached hydrogens (tertiary/aromatic N) is 2. The van der Waals surface area contributed by atoms with Crippen molar-refractivity contribution in [2.75, 3.05) is 39.0 Å². The molecule has 1 aromatic rings. The minimum atomic E-state index is -0.0573. The van der Waals surface area contributed by atoms with Gasteiger partial charge in [-0.2, -0.15) is 0 Å². The molecule has 1 unspecified atom stereocenters. The van der Waals surface area contributed by atoms with Gasteiger partial charge in [0.25, 0.3) is 0 Å². The maximum Gasteiger partial charge on any atom is 0.321 e. The molecule has 1 rings (SSSR count). The highest BCUT2D eigenvalue weighted by atomic mass is 16.2. The van der Waals surface area contributed by atoms with Gasteiger partial charge in [0.2, 0.25) is 0 Å². The summed E-state index contributed by atoms with van der Waals surface area (Å²) in [5, 5.41) is 2.94. The summed E-state index contributed by atoms with van der Waals surface area (Å²) in [4.78, 5) is 16.2. The summed E-state index contributed by atoms with van der Waals surface area (Å²) in [5.41, 5.74) is 7.68. The quantitative estimate of drug-likeness (QED) is 0.811. The van der Waals surface area contributed by atoms with E-state index in [1.165, 1.54) is 0 Å². The largest absolute Gasteiger partial charge is 0.325 e. The minimum Gasteiger partial charge on any atom is -0.325 e. The van der Waals surface area contributed by atoms with Crippen LogP contribution in [-0.4, -0.2) is 49.6 Å². The first-order valence-corrected chi connectivity index (χ1v) is 7.50. The number of carbonyl (C=O) groups is 1. The third kappa shape index (κ3) is 6.14. The SMILES string of the molecule is CCN(CCCN(C)C)C(=O)Nc1cccc(C(C)N)c1. The van der Waals surface area contributed by atoms with E-state index in [0.29, 0.717) is 6.54 Å². The average molecular weight is 292 g/mol. The Kier molecular flexibility index (Phi) is 7.19. The molecule has 0 saturated heterocycles. The van der Waals surface area contributed by atoms with Crippen molar-refractivity contribution in [1.82, 2.24) is 9.80 Å². The summed E-state index contributed by atoms with van der Waals surface area (Å²) in [5.74, 6) is 0. The number of hydrogen-bond acceptors (Lipinski definition) is 3. The van der Waals surface area contributed by atoms with Gasteiger partial charge in [-0.3, -0.25) is 0 Å². The Morgan fingerprint density at radius 1 is 1.33 bits per heavy atom. The van der Waals surface area contributed by atoms with Crippen LogP contribution in [0.3, 0.4) is 0 Å². The fraction of sp³-hybridized carbons (Fsp3) is 0.562. The van der Waals surface area contributed by atoms with E-state index in [1.807, 2.05) is 57.1 Å². The van der Waals surface area contributed by atoms with Gasteiger partial charge in [0.1, 0.15) is 0 Å². The Hall–Kier alpha value is -1.59. The van der Waals surface area contributed by atoms with E-state index in [9.17, 15) is 4.79 Å². The molecule has 0 aromatic heterocycles. The van der Waals surface area contributed by atoms with Gasteiger partial charge in [-0.15, -0.1) is 0 Å². The Balaban J connectivity index is 2.59. The highest BCUT2D eigenvalue weighted by Crippen LogP contribution is 2.16. The Morgan fingerprint density at radius 3 is 2.62 bits per heavy atom. The fourth-order valence-electron chi connectivity index (χ4n) is 2.08. The van der Waals surface area contributed by atoms with Gasteiger partial charge >= 0.3 is 6.03 Å². The van der Waals surface area contributed by atoms with Gasteiger partial charge in [0, 0.05) is 24.8 Å². The van der Waals surface area contributed by atoms with Crippen LogP contribution in [0.25, 0.3) is 0 Å². The topological polar surface area (TPSA) is 61.6 Å². The van der Waals surface area contributed by atoms with Crippen LogP contribution in [0, 0.1) is 0 Å². The third-order valence-corrected chi connectivity index (χ3v) is 3.37. The highest BCUT2D eigenvalue weighted by Gasteiger charge is 2.12. The Morgan fingerprint density at radius 2 is 2.05 bits per heavy atom. The molecule has 0 bridgehead atoms. The summed E-state index contributed by atoms with van der Waals surface area (Å²) in [6, 6.07) is 7.60. The van der Waals surface area contributed by atoms with Crippen LogP contribution in [0.1, 0.15) is 31.9 Å². The predicted molar refractivity (Wildman–Crippen MR) is 88.5 cm³/mol. The molecule has 0 saturated carbocycles. The van der Waals surface area contributed by atoms with Gasteiger partial charge in [-0.1, -0.05) is 12.1 Å². The van der Waals surface area contributed by atoms with Crippen LogP contribution in [0.2, 0.25) is 0 Å². The number of urea groups is 1. The average Bonchev–Trinajstić information content (AvgIpc) is 2.43. The molecule has 0 spiro atoms. The molecule has 3 N–H and O–H groups in total. The number of nitrogens with one attached hydrogen (secondary N) is 1. The maximum absolute atomic E-state index is 12.3. The van der Waals surface area contributed by atoms with Crippen molar-refractivity contribution < 1.29 is 4.79 Å². The van der Waals surface area contributed by atoms with Crippen molar-refractivity contribution in [3.05, 3.63) is 29.8 Å².